The molecule has 0 aromatic heterocycles. The number of anilines is 1. The predicted molar refractivity (Wildman–Crippen MR) is 240 cm³/mol. The summed E-state index contributed by atoms with van der Waals surface area (Å²) in [6, 6.07) is 12.1. The summed E-state index contributed by atoms with van der Waals surface area (Å²) in [5.41, 5.74) is 2.46. The topological polar surface area (TPSA) is 240 Å². The first-order valence-corrected chi connectivity index (χ1v) is 25.5. The van der Waals surface area contributed by atoms with E-state index in [2.05, 4.69) is 20.8 Å². The van der Waals surface area contributed by atoms with Crippen LogP contribution in [0.25, 0.3) is 17.4 Å². The van der Waals surface area contributed by atoms with Crippen LogP contribution in [0.2, 0.25) is 0 Å². The molecule has 0 saturated heterocycles. The van der Waals surface area contributed by atoms with E-state index >= 15 is 0 Å². The Labute approximate surface area is 371 Å². The Balaban J connectivity index is 1.69. The van der Waals surface area contributed by atoms with E-state index in [0.717, 1.165) is 16.5 Å². The number of hydrogen-bond donors (Lipinski definition) is 4. The van der Waals surface area contributed by atoms with Gasteiger partial charge in [0.05, 0.1) is 81.9 Å². The molecular weight excluding hydrogens is 881 g/mol. The molecule has 3 aliphatic rings. The van der Waals surface area contributed by atoms with Crippen LogP contribution in [0.1, 0.15) is 70.8 Å². The average molecular weight is 944 g/mol. The van der Waals surface area contributed by atoms with E-state index in [9.17, 15) is 38.9 Å². The van der Waals surface area contributed by atoms with Crippen LogP contribution in [0.4, 0.5) is 5.69 Å². The number of aliphatic hydroxyl groups is 1. The third-order valence-electron chi connectivity index (χ3n) is 10.6. The summed E-state index contributed by atoms with van der Waals surface area (Å²) < 4.78 is 131. The molecule has 4 rings (SSSR count). The van der Waals surface area contributed by atoms with Crippen LogP contribution in [-0.2, 0) is 60.1 Å². The number of aliphatic hydroxyl groups excluding tert-OH is 1. The lowest BCUT2D eigenvalue weighted by atomic mass is 9.77. The lowest BCUT2D eigenvalue weighted by Crippen LogP contribution is -2.31. The van der Waals surface area contributed by atoms with Gasteiger partial charge in [-0.15, -0.1) is 0 Å². The van der Waals surface area contributed by atoms with Crippen molar-refractivity contribution in [2.45, 2.75) is 69.6 Å². The fourth-order valence-corrected chi connectivity index (χ4v) is 9.03. The van der Waals surface area contributed by atoms with Crippen LogP contribution >= 0.6 is 0 Å². The highest BCUT2D eigenvalue weighted by atomic mass is 32.2. The van der Waals surface area contributed by atoms with E-state index in [1.165, 1.54) is 12.1 Å². The zero-order valence-electron chi connectivity index (χ0n) is 36.7. The van der Waals surface area contributed by atoms with Crippen molar-refractivity contribution in [3.05, 3.63) is 82.6 Å². The van der Waals surface area contributed by atoms with Gasteiger partial charge in [-0.1, -0.05) is 26.8 Å². The molecule has 63 heavy (non-hydrogen) atoms. The fourth-order valence-electron chi connectivity index (χ4n) is 7.52. The molecule has 0 spiro atoms. The molecule has 1 aromatic carbocycles. The maximum absolute atomic E-state index is 12.3. The van der Waals surface area contributed by atoms with E-state index < -0.39 is 41.5 Å². The third-order valence-corrected chi connectivity index (χ3v) is 13.0. The summed E-state index contributed by atoms with van der Waals surface area (Å²) in [6.45, 7) is 13.8. The van der Waals surface area contributed by atoms with Gasteiger partial charge in [0.1, 0.15) is 24.6 Å². The molecule has 0 bridgehead atoms. The average Bonchev–Trinajstić information content (AvgIpc) is 3.41. The van der Waals surface area contributed by atoms with Crippen molar-refractivity contribution in [2.75, 3.05) is 95.5 Å². The Morgan fingerprint density at radius 2 is 1.40 bits per heavy atom. The molecule has 352 valence electrons. The van der Waals surface area contributed by atoms with Crippen LogP contribution in [0.5, 0.6) is 0 Å². The number of benzene rings is 2. The molecule has 2 aliphatic heterocycles. The van der Waals surface area contributed by atoms with Crippen LogP contribution in [-0.4, -0.2) is 135 Å². The second-order valence-electron chi connectivity index (χ2n) is 16.3. The highest BCUT2D eigenvalue weighted by Crippen LogP contribution is 2.51. The molecule has 20 heteroatoms. The Morgan fingerprint density at radius 1 is 0.794 bits per heavy atom. The van der Waals surface area contributed by atoms with E-state index in [1.807, 2.05) is 53.7 Å². The van der Waals surface area contributed by atoms with Gasteiger partial charge >= 0.3 is 0 Å². The van der Waals surface area contributed by atoms with Crippen LogP contribution in [0, 0.1) is 0 Å². The van der Waals surface area contributed by atoms with Crippen LogP contribution < -0.4 is 14.8 Å². The zero-order valence-corrected chi connectivity index (χ0v) is 39.1. The highest BCUT2D eigenvalue weighted by Gasteiger charge is 2.44. The minimum absolute atomic E-state index is 0.0366. The van der Waals surface area contributed by atoms with Crippen molar-refractivity contribution in [1.29, 1.82) is 0 Å². The molecule has 1 aromatic rings. The summed E-state index contributed by atoms with van der Waals surface area (Å²) in [5.74, 6) is 0.242. The SMILES string of the molecule is CC[N+](CCCS(=O)(=O)O)=c1ccc2c(C(C)(C)C)cc(/C=C/C=C3/N(CCOCCOCCOCCOCCO)c4ccc(S(=O)(=O)O)cc4C3(C)CCCS(=O)(=O)O)oc-2c1. The van der Waals surface area contributed by atoms with Crippen molar-refractivity contribution in [1.82, 2.24) is 4.58 Å². The summed E-state index contributed by atoms with van der Waals surface area (Å²) in [6.07, 6.45) is 5.89. The van der Waals surface area contributed by atoms with Gasteiger partial charge in [-0.3, -0.25) is 13.7 Å². The predicted octanol–water partition coefficient (Wildman–Crippen LogP) is 4.40. The van der Waals surface area contributed by atoms with E-state index in [0.29, 0.717) is 81.1 Å². The van der Waals surface area contributed by atoms with Gasteiger partial charge < -0.3 is 33.4 Å². The summed E-state index contributed by atoms with van der Waals surface area (Å²) in [5, 5.41) is 9.58. The first kappa shape index (κ1) is 52.1. The van der Waals surface area contributed by atoms with Gasteiger partial charge in [-0.2, -0.15) is 25.3 Å². The minimum Gasteiger partial charge on any atom is -0.456 e. The van der Waals surface area contributed by atoms with E-state index in [1.54, 1.807) is 18.2 Å². The quantitative estimate of drug-likeness (QED) is 0.0496. The highest BCUT2D eigenvalue weighted by molar-refractivity contribution is 7.86. The van der Waals surface area contributed by atoms with E-state index in [4.69, 9.17) is 28.5 Å². The Morgan fingerprint density at radius 3 is 1.97 bits per heavy atom. The Hall–Kier alpha value is -3.54. The van der Waals surface area contributed by atoms with E-state index in [-0.39, 0.29) is 61.8 Å². The van der Waals surface area contributed by atoms with Gasteiger partial charge in [0.15, 0.2) is 0 Å². The van der Waals surface area contributed by atoms with Crippen LogP contribution in [0.3, 0.4) is 0 Å². The zero-order chi connectivity index (χ0) is 46.5. The normalized spacial score (nSPS) is 17.3. The van der Waals surface area contributed by atoms with Gasteiger partial charge in [-0.05, 0) is 85.7 Å². The molecule has 1 aliphatic carbocycles. The van der Waals surface area contributed by atoms with Crippen molar-refractivity contribution in [2.24, 2.45) is 0 Å². The standard InChI is InChI=1S/C43H62N2O15S3/c1-6-44(17-9-29-62(50,51)52)33-12-14-36-37(42(2,3)4)31-34(60-40(36)30-33)10-7-11-41-43(5,16-8-28-61(47,48)49)38-32-35(63(53,54)55)13-15-39(38)45(41)18-20-56-22-24-58-26-27-59-25-23-57-21-19-46/h7,10-15,30-32,46H,6,8-9,16-29H2,1-5H3,(H2-,47,48,49,50,51,52,53,54,55)/p+1. The monoisotopic (exact) mass is 943 g/mol. The van der Waals surface area contributed by atoms with Gasteiger partial charge in [-0.25, -0.2) is 4.58 Å². The molecule has 2 heterocycles. The van der Waals surface area contributed by atoms with Gasteiger partial charge in [0.2, 0.25) is 5.36 Å². The lowest BCUT2D eigenvalue weighted by Gasteiger charge is -2.30. The summed E-state index contributed by atoms with van der Waals surface area (Å²) >= 11 is 0. The molecule has 0 saturated carbocycles. The summed E-state index contributed by atoms with van der Waals surface area (Å²) in [7, 11) is -13.0. The molecule has 1 atom stereocenters. The van der Waals surface area contributed by atoms with Crippen molar-refractivity contribution >= 4 is 42.1 Å². The van der Waals surface area contributed by atoms with Crippen LogP contribution in [0.15, 0.2) is 69.6 Å². The molecular formula is C43H63N2O15S3+. The maximum atomic E-state index is 12.3. The molecule has 17 nitrogen and oxygen atoms in total. The third kappa shape index (κ3) is 15.8. The maximum Gasteiger partial charge on any atom is 0.294 e. The number of nitrogens with zero attached hydrogens (tertiary/aromatic N) is 2. The molecule has 0 radical (unpaired) electrons. The number of hydrogen-bond acceptors (Lipinski definition) is 13. The lowest BCUT2D eigenvalue weighted by molar-refractivity contribution is -0.00484. The Kier molecular flexibility index (Phi) is 19.1. The fraction of sp³-hybridized carbons (Fsp3) is 0.558. The minimum atomic E-state index is -4.60. The second kappa shape index (κ2) is 23.1. The number of allylic oxidation sites excluding steroid dienone is 3. The molecule has 0 fully saturated rings. The second-order valence-corrected chi connectivity index (χ2v) is 20.9. The first-order chi connectivity index (χ1) is 29.6. The van der Waals surface area contributed by atoms with Crippen molar-refractivity contribution < 1.29 is 67.4 Å². The molecule has 4 N–H and O–H groups in total. The van der Waals surface area contributed by atoms with Crippen molar-refractivity contribution in [3.63, 3.8) is 0 Å². The largest absolute Gasteiger partial charge is 0.456 e. The molecule has 1 unspecified atom stereocenters. The summed E-state index contributed by atoms with van der Waals surface area (Å²) in [4.78, 5) is 1.64. The van der Waals surface area contributed by atoms with Gasteiger partial charge in [0, 0.05) is 41.4 Å². The van der Waals surface area contributed by atoms with Gasteiger partial charge in [0.25, 0.3) is 30.4 Å². The Bertz CT molecular complexity index is 2420. The van der Waals surface area contributed by atoms with Crippen molar-refractivity contribution in [3.8, 4) is 11.3 Å². The first-order valence-electron chi connectivity index (χ1n) is 20.8. The number of ether oxygens (including phenoxy) is 4. The smallest absolute Gasteiger partial charge is 0.294 e. The number of fused-ring (bicyclic) bond motifs is 2. The molecule has 0 amide bonds. The number of rotatable bonds is 26.